The SMILES string of the molecule is CCCc1noc(-c2cccc(CN=C(NCC)N3CCC(C(=O)OC)CC3)c2)n1. The molecule has 0 aliphatic carbocycles. The molecule has 1 aromatic carbocycles. The third-order valence-electron chi connectivity index (χ3n) is 5.19. The molecule has 0 bridgehead atoms. The summed E-state index contributed by atoms with van der Waals surface area (Å²) in [4.78, 5) is 23.3. The van der Waals surface area contributed by atoms with Gasteiger partial charge in [-0.1, -0.05) is 24.2 Å². The van der Waals surface area contributed by atoms with E-state index in [1.165, 1.54) is 7.11 Å². The summed E-state index contributed by atoms with van der Waals surface area (Å²) in [6, 6.07) is 8.04. The van der Waals surface area contributed by atoms with Crippen molar-refractivity contribution in [3.05, 3.63) is 35.7 Å². The molecule has 8 nitrogen and oxygen atoms in total. The highest BCUT2D eigenvalue weighted by Gasteiger charge is 2.26. The first-order valence-electron chi connectivity index (χ1n) is 10.7. The minimum Gasteiger partial charge on any atom is -0.469 e. The smallest absolute Gasteiger partial charge is 0.308 e. The van der Waals surface area contributed by atoms with Crippen molar-refractivity contribution in [3.8, 4) is 11.5 Å². The number of likely N-dealkylation sites (tertiary alicyclic amines) is 1. The monoisotopic (exact) mass is 413 g/mol. The second kappa shape index (κ2) is 10.8. The Morgan fingerprint density at radius 2 is 2.13 bits per heavy atom. The summed E-state index contributed by atoms with van der Waals surface area (Å²) in [5.74, 6) is 2.02. The molecule has 30 heavy (non-hydrogen) atoms. The predicted molar refractivity (Wildman–Crippen MR) is 115 cm³/mol. The molecule has 0 spiro atoms. The zero-order valence-electron chi connectivity index (χ0n) is 18.1. The lowest BCUT2D eigenvalue weighted by molar-refractivity contribution is -0.146. The average molecular weight is 414 g/mol. The van der Waals surface area contributed by atoms with Crippen LogP contribution in [0.2, 0.25) is 0 Å². The van der Waals surface area contributed by atoms with E-state index < -0.39 is 0 Å². The third-order valence-corrected chi connectivity index (χ3v) is 5.19. The lowest BCUT2D eigenvalue weighted by Crippen LogP contribution is -2.46. The molecule has 1 saturated heterocycles. The highest BCUT2D eigenvalue weighted by atomic mass is 16.5. The summed E-state index contributed by atoms with van der Waals surface area (Å²) in [5, 5.41) is 7.40. The first kappa shape index (κ1) is 21.8. The average Bonchev–Trinajstić information content (AvgIpc) is 3.25. The second-order valence-electron chi connectivity index (χ2n) is 7.42. The minimum absolute atomic E-state index is 0.0159. The Labute approximate surface area is 177 Å². The van der Waals surface area contributed by atoms with Gasteiger partial charge in [-0.05, 0) is 43.9 Å². The minimum atomic E-state index is -0.114. The fourth-order valence-corrected chi connectivity index (χ4v) is 3.58. The molecule has 1 fully saturated rings. The number of nitrogens with one attached hydrogen (secondary N) is 1. The zero-order valence-corrected chi connectivity index (χ0v) is 18.1. The van der Waals surface area contributed by atoms with Crippen LogP contribution in [0.5, 0.6) is 0 Å². The number of benzene rings is 1. The maximum atomic E-state index is 11.8. The van der Waals surface area contributed by atoms with Crippen LogP contribution in [0.15, 0.2) is 33.8 Å². The Kier molecular flexibility index (Phi) is 7.82. The van der Waals surface area contributed by atoms with E-state index in [1.54, 1.807) is 0 Å². The van der Waals surface area contributed by atoms with Gasteiger partial charge in [-0.25, -0.2) is 4.99 Å². The van der Waals surface area contributed by atoms with E-state index in [0.717, 1.165) is 68.2 Å². The number of piperidine rings is 1. The van der Waals surface area contributed by atoms with Crippen LogP contribution in [0, 0.1) is 5.92 Å². The van der Waals surface area contributed by atoms with Crippen molar-refractivity contribution in [2.45, 2.75) is 46.1 Å². The number of hydrogen-bond donors (Lipinski definition) is 1. The number of carbonyl (C=O) groups excluding carboxylic acids is 1. The first-order chi connectivity index (χ1) is 14.6. The van der Waals surface area contributed by atoms with Gasteiger partial charge in [0.1, 0.15) is 0 Å². The molecular weight excluding hydrogens is 382 g/mol. The van der Waals surface area contributed by atoms with E-state index in [2.05, 4.69) is 34.2 Å². The summed E-state index contributed by atoms with van der Waals surface area (Å²) in [6.45, 7) is 7.05. The van der Waals surface area contributed by atoms with Crippen LogP contribution in [0.1, 0.15) is 44.5 Å². The molecule has 0 radical (unpaired) electrons. The van der Waals surface area contributed by atoms with E-state index in [9.17, 15) is 4.79 Å². The highest BCUT2D eigenvalue weighted by molar-refractivity contribution is 5.80. The molecule has 1 aliphatic rings. The number of aliphatic imine (C=N–C) groups is 1. The topological polar surface area (TPSA) is 92.9 Å². The number of nitrogens with zero attached hydrogens (tertiary/aromatic N) is 4. The summed E-state index contributed by atoms with van der Waals surface area (Å²) in [5.41, 5.74) is 1.98. The van der Waals surface area contributed by atoms with Gasteiger partial charge in [0.2, 0.25) is 0 Å². The predicted octanol–water partition coefficient (Wildman–Crippen LogP) is 3.04. The van der Waals surface area contributed by atoms with Crippen molar-refractivity contribution in [2.75, 3.05) is 26.7 Å². The van der Waals surface area contributed by atoms with Crippen molar-refractivity contribution in [1.82, 2.24) is 20.4 Å². The number of aryl methyl sites for hydroxylation is 1. The molecule has 1 aromatic heterocycles. The van der Waals surface area contributed by atoms with Crippen LogP contribution >= 0.6 is 0 Å². The van der Waals surface area contributed by atoms with Crippen LogP contribution < -0.4 is 5.32 Å². The normalized spacial score (nSPS) is 15.3. The zero-order chi connectivity index (χ0) is 21.3. The standard InChI is InChI=1S/C22H31N5O3/c1-4-7-19-25-20(30-26-19)18-9-6-8-16(14-18)15-24-22(23-5-2)27-12-10-17(11-13-27)21(28)29-3/h6,8-9,14,17H,4-5,7,10-13,15H2,1-3H3,(H,23,24). The molecule has 0 unspecified atom stereocenters. The van der Waals surface area contributed by atoms with Gasteiger partial charge in [0.25, 0.3) is 5.89 Å². The number of ether oxygens (including phenoxy) is 1. The molecule has 162 valence electrons. The Hall–Kier alpha value is -2.90. The van der Waals surface area contributed by atoms with E-state index >= 15 is 0 Å². The highest BCUT2D eigenvalue weighted by Crippen LogP contribution is 2.21. The Morgan fingerprint density at radius 1 is 1.33 bits per heavy atom. The molecule has 2 heterocycles. The van der Waals surface area contributed by atoms with Crippen LogP contribution in [0.25, 0.3) is 11.5 Å². The third kappa shape index (κ3) is 5.58. The van der Waals surface area contributed by atoms with Crippen molar-refractivity contribution < 1.29 is 14.1 Å². The maximum Gasteiger partial charge on any atom is 0.308 e. The van der Waals surface area contributed by atoms with Gasteiger partial charge in [0, 0.05) is 31.6 Å². The van der Waals surface area contributed by atoms with Gasteiger partial charge < -0.3 is 19.5 Å². The molecule has 8 heteroatoms. The quantitative estimate of drug-likeness (QED) is 0.424. The van der Waals surface area contributed by atoms with Gasteiger partial charge >= 0.3 is 5.97 Å². The van der Waals surface area contributed by atoms with Crippen molar-refractivity contribution in [1.29, 1.82) is 0 Å². The number of esters is 1. The van der Waals surface area contributed by atoms with Crippen LogP contribution in [0.3, 0.4) is 0 Å². The van der Waals surface area contributed by atoms with E-state index in [-0.39, 0.29) is 11.9 Å². The molecule has 2 aromatic rings. The van der Waals surface area contributed by atoms with E-state index in [1.807, 2.05) is 24.3 Å². The van der Waals surface area contributed by atoms with Gasteiger partial charge in [0.05, 0.1) is 19.6 Å². The van der Waals surface area contributed by atoms with E-state index in [0.29, 0.717) is 12.4 Å². The Morgan fingerprint density at radius 3 is 2.83 bits per heavy atom. The fraction of sp³-hybridized carbons (Fsp3) is 0.545. The number of aromatic nitrogens is 2. The van der Waals surface area contributed by atoms with Gasteiger partial charge in [-0.2, -0.15) is 4.98 Å². The van der Waals surface area contributed by atoms with Crippen molar-refractivity contribution in [2.24, 2.45) is 10.9 Å². The van der Waals surface area contributed by atoms with E-state index in [4.69, 9.17) is 14.3 Å². The molecule has 0 amide bonds. The molecule has 3 rings (SSSR count). The largest absolute Gasteiger partial charge is 0.469 e. The Balaban J connectivity index is 1.67. The number of carbonyl (C=O) groups is 1. The molecular formula is C22H31N5O3. The van der Waals surface area contributed by atoms with Crippen LogP contribution in [-0.4, -0.2) is 53.7 Å². The molecule has 1 aliphatic heterocycles. The summed E-state index contributed by atoms with van der Waals surface area (Å²) in [6.07, 6.45) is 3.36. The molecule has 0 saturated carbocycles. The molecule has 1 N–H and O–H groups in total. The number of rotatable bonds is 7. The summed E-state index contributed by atoms with van der Waals surface area (Å²) < 4.78 is 10.3. The van der Waals surface area contributed by atoms with Crippen molar-refractivity contribution in [3.63, 3.8) is 0 Å². The second-order valence-corrected chi connectivity index (χ2v) is 7.42. The van der Waals surface area contributed by atoms with Gasteiger partial charge in [-0.3, -0.25) is 4.79 Å². The molecule has 0 atom stereocenters. The van der Waals surface area contributed by atoms with Gasteiger partial charge in [0.15, 0.2) is 11.8 Å². The van der Waals surface area contributed by atoms with Crippen molar-refractivity contribution >= 4 is 11.9 Å². The lowest BCUT2D eigenvalue weighted by atomic mass is 9.97. The first-order valence-corrected chi connectivity index (χ1v) is 10.7. The number of hydrogen-bond acceptors (Lipinski definition) is 6. The van der Waals surface area contributed by atoms with Crippen LogP contribution in [0.4, 0.5) is 0 Å². The summed E-state index contributed by atoms with van der Waals surface area (Å²) in [7, 11) is 1.45. The summed E-state index contributed by atoms with van der Waals surface area (Å²) >= 11 is 0. The fourth-order valence-electron chi connectivity index (χ4n) is 3.58. The maximum absolute atomic E-state index is 11.8. The lowest BCUT2D eigenvalue weighted by Gasteiger charge is -2.33. The number of methoxy groups -OCH3 is 1. The van der Waals surface area contributed by atoms with Crippen LogP contribution in [-0.2, 0) is 22.5 Å². The Bertz CT molecular complexity index is 856. The van der Waals surface area contributed by atoms with Gasteiger partial charge in [-0.15, -0.1) is 0 Å². The number of guanidine groups is 1.